The van der Waals surface area contributed by atoms with Crippen molar-refractivity contribution in [3.8, 4) is 11.5 Å². The van der Waals surface area contributed by atoms with Crippen LogP contribution in [0.15, 0.2) is 23.1 Å². The van der Waals surface area contributed by atoms with Gasteiger partial charge in [0.25, 0.3) is 0 Å². The molecule has 3 rings (SSSR count). The van der Waals surface area contributed by atoms with Crippen LogP contribution in [0.4, 0.5) is 0 Å². The summed E-state index contributed by atoms with van der Waals surface area (Å²) in [6, 6.07) is 4.92. The number of carbonyl (C=O) groups excluding carboxylic acids is 1. The normalized spacial score (nSPS) is 21.2. The molecule has 1 aliphatic heterocycles. The van der Waals surface area contributed by atoms with E-state index in [0.29, 0.717) is 50.0 Å². The van der Waals surface area contributed by atoms with Gasteiger partial charge in [0.15, 0.2) is 11.5 Å². The molecule has 2 aliphatic rings. The predicted octanol–water partition coefficient (Wildman–Crippen LogP) is 4.02. The van der Waals surface area contributed by atoms with Gasteiger partial charge in [0.2, 0.25) is 15.9 Å². The molecule has 0 saturated heterocycles. The average molecular weight is 467 g/mol. The Hall–Kier alpha value is -1.80. The second-order valence-electron chi connectivity index (χ2n) is 9.94. The zero-order chi connectivity index (χ0) is 23.2. The number of hydrogen-bond donors (Lipinski definition) is 2. The number of ether oxygens (including phenoxy) is 2. The minimum atomic E-state index is -3.60. The molecule has 0 radical (unpaired) electrons. The quantitative estimate of drug-likeness (QED) is 0.536. The summed E-state index contributed by atoms with van der Waals surface area (Å²) in [5, 5.41) is 3.26. The zero-order valence-electron chi connectivity index (χ0n) is 19.6. The molecule has 1 saturated carbocycles. The van der Waals surface area contributed by atoms with E-state index in [0.717, 1.165) is 19.3 Å². The van der Waals surface area contributed by atoms with Gasteiger partial charge in [-0.05, 0) is 49.1 Å². The summed E-state index contributed by atoms with van der Waals surface area (Å²) >= 11 is 0. The first kappa shape index (κ1) is 24.8. The van der Waals surface area contributed by atoms with Crippen LogP contribution < -0.4 is 19.5 Å². The van der Waals surface area contributed by atoms with Crippen LogP contribution in [0.25, 0.3) is 0 Å². The fourth-order valence-corrected chi connectivity index (χ4v) is 5.78. The van der Waals surface area contributed by atoms with Gasteiger partial charge in [0.05, 0.1) is 4.90 Å². The molecule has 1 heterocycles. The maximum absolute atomic E-state index is 12.5. The van der Waals surface area contributed by atoms with Gasteiger partial charge in [-0.15, -0.1) is 0 Å². The van der Waals surface area contributed by atoms with Crippen LogP contribution in [0.5, 0.6) is 11.5 Å². The van der Waals surface area contributed by atoms with E-state index in [1.807, 2.05) is 0 Å². The number of nitrogens with one attached hydrogen (secondary N) is 2. The van der Waals surface area contributed by atoms with E-state index in [2.05, 4.69) is 30.8 Å². The first-order valence-corrected chi connectivity index (χ1v) is 13.3. The summed E-state index contributed by atoms with van der Waals surface area (Å²) in [5.74, 6) is 1.66. The van der Waals surface area contributed by atoms with Gasteiger partial charge in [-0.2, -0.15) is 0 Å². The standard InChI is InChI=1S/C24H38N2O5S/c1-24(2,3)19-9-6-7-10-20(19)26-23(27)11-5-4-8-14-25-32(28,29)18-12-13-21-22(17-18)31-16-15-30-21/h12-13,17,19-20,25H,4-11,14-16H2,1-3H3,(H,26,27). The van der Waals surface area contributed by atoms with E-state index < -0.39 is 10.0 Å². The summed E-state index contributed by atoms with van der Waals surface area (Å²) in [4.78, 5) is 12.6. The zero-order valence-corrected chi connectivity index (χ0v) is 20.4. The number of hydrogen-bond acceptors (Lipinski definition) is 5. The van der Waals surface area contributed by atoms with Crippen LogP contribution in [0, 0.1) is 11.3 Å². The summed E-state index contributed by atoms with van der Waals surface area (Å²) in [5.41, 5.74) is 0.201. The van der Waals surface area contributed by atoms with Crippen molar-refractivity contribution in [1.82, 2.24) is 10.0 Å². The van der Waals surface area contributed by atoms with Gasteiger partial charge >= 0.3 is 0 Å². The Kier molecular flexibility index (Phi) is 8.44. The summed E-state index contributed by atoms with van der Waals surface area (Å²) < 4.78 is 38.6. The highest BCUT2D eigenvalue weighted by Gasteiger charge is 2.34. The number of amides is 1. The first-order valence-electron chi connectivity index (χ1n) is 11.9. The maximum atomic E-state index is 12.5. The van der Waals surface area contributed by atoms with Crippen molar-refractivity contribution in [2.45, 2.75) is 83.1 Å². The van der Waals surface area contributed by atoms with Crippen LogP contribution in [0.3, 0.4) is 0 Å². The Morgan fingerprint density at radius 2 is 1.75 bits per heavy atom. The lowest BCUT2D eigenvalue weighted by molar-refractivity contribution is -0.122. The number of carbonyl (C=O) groups is 1. The molecule has 1 aromatic carbocycles. The fraction of sp³-hybridized carbons (Fsp3) is 0.708. The molecule has 2 atom stereocenters. The number of benzene rings is 1. The van der Waals surface area contributed by atoms with Crippen LogP contribution in [0.2, 0.25) is 0 Å². The Bertz CT molecular complexity index is 879. The third-order valence-electron chi connectivity index (χ3n) is 6.42. The highest BCUT2D eigenvalue weighted by atomic mass is 32.2. The smallest absolute Gasteiger partial charge is 0.240 e. The molecular weight excluding hydrogens is 428 g/mol. The molecule has 1 aliphatic carbocycles. The molecule has 0 bridgehead atoms. The number of sulfonamides is 1. The number of rotatable bonds is 9. The first-order chi connectivity index (χ1) is 15.2. The Morgan fingerprint density at radius 1 is 1.03 bits per heavy atom. The average Bonchev–Trinajstić information content (AvgIpc) is 2.75. The van der Waals surface area contributed by atoms with E-state index in [9.17, 15) is 13.2 Å². The Labute approximate surface area is 192 Å². The molecule has 0 spiro atoms. The molecular formula is C24H38N2O5S. The molecule has 2 unspecified atom stereocenters. The van der Waals surface area contributed by atoms with Crippen molar-refractivity contribution >= 4 is 15.9 Å². The topological polar surface area (TPSA) is 93.7 Å². The van der Waals surface area contributed by atoms with Crippen LogP contribution >= 0.6 is 0 Å². The fourth-order valence-electron chi connectivity index (χ4n) is 4.69. The van der Waals surface area contributed by atoms with E-state index in [-0.39, 0.29) is 22.3 Å². The van der Waals surface area contributed by atoms with Gasteiger partial charge in [0, 0.05) is 25.1 Å². The minimum absolute atomic E-state index is 0.114. The van der Waals surface area contributed by atoms with Gasteiger partial charge < -0.3 is 14.8 Å². The van der Waals surface area contributed by atoms with Crippen LogP contribution in [-0.2, 0) is 14.8 Å². The monoisotopic (exact) mass is 466 g/mol. The SMILES string of the molecule is CC(C)(C)C1CCCCC1NC(=O)CCCCCNS(=O)(=O)c1ccc2c(c1)OCCO2. The van der Waals surface area contributed by atoms with Crippen LogP contribution in [0.1, 0.15) is 72.1 Å². The third kappa shape index (κ3) is 6.85. The van der Waals surface area contributed by atoms with Crippen LogP contribution in [-0.4, -0.2) is 40.1 Å². The predicted molar refractivity (Wildman–Crippen MR) is 124 cm³/mol. The van der Waals surface area contributed by atoms with Crippen molar-refractivity contribution in [3.05, 3.63) is 18.2 Å². The van der Waals surface area contributed by atoms with Crippen molar-refractivity contribution in [2.75, 3.05) is 19.8 Å². The van der Waals surface area contributed by atoms with E-state index in [4.69, 9.17) is 9.47 Å². The van der Waals surface area contributed by atoms with Crippen molar-refractivity contribution in [2.24, 2.45) is 11.3 Å². The molecule has 1 amide bonds. The molecule has 32 heavy (non-hydrogen) atoms. The van der Waals surface area contributed by atoms with E-state index in [1.54, 1.807) is 6.07 Å². The van der Waals surface area contributed by atoms with Gasteiger partial charge in [0.1, 0.15) is 13.2 Å². The van der Waals surface area contributed by atoms with Gasteiger partial charge in [-0.3, -0.25) is 4.79 Å². The van der Waals surface area contributed by atoms with E-state index >= 15 is 0 Å². The highest BCUT2D eigenvalue weighted by molar-refractivity contribution is 7.89. The lowest BCUT2D eigenvalue weighted by Crippen LogP contribution is -2.46. The summed E-state index contributed by atoms with van der Waals surface area (Å²) in [6.07, 6.45) is 7.40. The number of unbranched alkanes of at least 4 members (excludes halogenated alkanes) is 2. The molecule has 1 aromatic rings. The van der Waals surface area contributed by atoms with Gasteiger partial charge in [-0.25, -0.2) is 13.1 Å². The Balaban J connectivity index is 1.36. The molecule has 2 N–H and O–H groups in total. The summed E-state index contributed by atoms with van der Waals surface area (Å²) in [7, 11) is -3.60. The second-order valence-corrected chi connectivity index (χ2v) is 11.7. The molecule has 7 nitrogen and oxygen atoms in total. The largest absolute Gasteiger partial charge is 0.486 e. The molecule has 1 fully saturated rings. The van der Waals surface area contributed by atoms with E-state index in [1.165, 1.54) is 31.4 Å². The van der Waals surface area contributed by atoms with Crippen molar-refractivity contribution in [3.63, 3.8) is 0 Å². The van der Waals surface area contributed by atoms with Crippen molar-refractivity contribution in [1.29, 1.82) is 0 Å². The summed E-state index contributed by atoms with van der Waals surface area (Å²) in [6.45, 7) is 7.99. The lowest BCUT2D eigenvalue weighted by Gasteiger charge is -2.40. The lowest BCUT2D eigenvalue weighted by atomic mass is 9.69. The molecule has 8 heteroatoms. The molecule has 0 aromatic heterocycles. The number of fused-ring (bicyclic) bond motifs is 1. The van der Waals surface area contributed by atoms with Gasteiger partial charge in [-0.1, -0.05) is 40.0 Å². The third-order valence-corrected chi connectivity index (χ3v) is 7.88. The Morgan fingerprint density at radius 3 is 2.50 bits per heavy atom. The van der Waals surface area contributed by atoms with Crippen molar-refractivity contribution < 1.29 is 22.7 Å². The maximum Gasteiger partial charge on any atom is 0.240 e. The second kappa shape index (κ2) is 10.9. The molecule has 180 valence electrons. The highest BCUT2D eigenvalue weighted by Crippen LogP contribution is 2.38. The minimum Gasteiger partial charge on any atom is -0.486 e.